The minimum absolute atomic E-state index is 0.128. The van der Waals surface area contributed by atoms with E-state index in [0.29, 0.717) is 10.9 Å². The second-order valence-corrected chi connectivity index (χ2v) is 8.60. The van der Waals surface area contributed by atoms with Crippen LogP contribution in [0.4, 0.5) is 5.69 Å². The van der Waals surface area contributed by atoms with Gasteiger partial charge in [-0.3, -0.25) is 9.11 Å². The molecule has 0 fully saturated rings. The van der Waals surface area contributed by atoms with E-state index in [2.05, 4.69) is 5.32 Å². The first kappa shape index (κ1) is 19.3. The molecule has 0 aliphatic carbocycles. The fourth-order valence-corrected chi connectivity index (χ4v) is 3.67. The third-order valence-corrected chi connectivity index (χ3v) is 5.58. The molecule has 0 aromatic heterocycles. The molecule has 10 heteroatoms. The number of aliphatic hydroxyl groups excluding tert-OH is 1. The SMILES string of the molecule is O=S(=O)(O)c1ccc2c(NC(O)c3ccccc3)cc(S(=O)(=O)O)cc2c1. The number of benzene rings is 3. The van der Waals surface area contributed by atoms with E-state index in [9.17, 15) is 31.0 Å². The molecule has 1 unspecified atom stereocenters. The van der Waals surface area contributed by atoms with Gasteiger partial charge < -0.3 is 10.4 Å². The van der Waals surface area contributed by atoms with E-state index >= 15 is 0 Å². The zero-order valence-electron chi connectivity index (χ0n) is 13.6. The molecule has 142 valence electrons. The Balaban J connectivity index is 2.18. The van der Waals surface area contributed by atoms with Crippen molar-refractivity contribution in [3.05, 3.63) is 66.2 Å². The summed E-state index contributed by atoms with van der Waals surface area (Å²) >= 11 is 0. The Bertz CT molecular complexity index is 1200. The predicted octanol–water partition coefficient (Wildman–Crippen LogP) is 2.44. The molecule has 0 heterocycles. The third kappa shape index (κ3) is 4.26. The Hall–Kier alpha value is -2.50. The van der Waals surface area contributed by atoms with Crippen molar-refractivity contribution < 1.29 is 31.0 Å². The molecule has 0 aliphatic heterocycles. The summed E-state index contributed by atoms with van der Waals surface area (Å²) < 4.78 is 64.4. The summed E-state index contributed by atoms with van der Waals surface area (Å²) in [5.41, 5.74) is 0.663. The van der Waals surface area contributed by atoms with Gasteiger partial charge in [0.15, 0.2) is 6.23 Å². The summed E-state index contributed by atoms with van der Waals surface area (Å²) in [7, 11) is -9.10. The van der Waals surface area contributed by atoms with Crippen molar-refractivity contribution in [3.8, 4) is 0 Å². The highest BCUT2D eigenvalue weighted by molar-refractivity contribution is 7.86. The van der Waals surface area contributed by atoms with Crippen LogP contribution in [0.25, 0.3) is 10.8 Å². The highest BCUT2D eigenvalue weighted by atomic mass is 32.2. The molecule has 0 spiro atoms. The van der Waals surface area contributed by atoms with Crippen molar-refractivity contribution in [3.63, 3.8) is 0 Å². The van der Waals surface area contributed by atoms with Crippen LogP contribution in [0.15, 0.2) is 70.5 Å². The molecule has 0 aliphatic rings. The lowest BCUT2D eigenvalue weighted by atomic mass is 10.1. The van der Waals surface area contributed by atoms with E-state index in [1.54, 1.807) is 30.3 Å². The third-order valence-electron chi connectivity index (χ3n) is 3.90. The van der Waals surface area contributed by atoms with Crippen molar-refractivity contribution in [1.82, 2.24) is 0 Å². The first-order chi connectivity index (χ1) is 12.6. The van der Waals surface area contributed by atoms with Crippen LogP contribution < -0.4 is 5.32 Å². The molecule has 27 heavy (non-hydrogen) atoms. The first-order valence-electron chi connectivity index (χ1n) is 7.58. The molecule has 4 N–H and O–H groups in total. The molecule has 3 aromatic rings. The minimum atomic E-state index is -4.60. The Morgan fingerprint density at radius 1 is 0.778 bits per heavy atom. The standard InChI is InChI=1S/C17H15NO7S2/c19-17(11-4-2-1-3-5-11)18-16-10-14(27(23,24)25)9-12-8-13(26(20,21)22)6-7-15(12)16/h1-10,17-19H,(H,20,21,22)(H,23,24,25). The van der Waals surface area contributed by atoms with Crippen LogP contribution in [0.1, 0.15) is 11.8 Å². The van der Waals surface area contributed by atoms with Crippen LogP contribution >= 0.6 is 0 Å². The zero-order valence-corrected chi connectivity index (χ0v) is 15.3. The number of anilines is 1. The van der Waals surface area contributed by atoms with Gasteiger partial charge >= 0.3 is 0 Å². The molecule has 8 nitrogen and oxygen atoms in total. The van der Waals surface area contributed by atoms with Gasteiger partial charge in [-0.1, -0.05) is 36.4 Å². The normalized spacial score (nSPS) is 13.4. The zero-order chi connectivity index (χ0) is 19.8. The van der Waals surface area contributed by atoms with Gasteiger partial charge in [-0.05, 0) is 29.7 Å². The quantitative estimate of drug-likeness (QED) is 0.372. The Kier molecular flexibility index (Phi) is 4.93. The van der Waals surface area contributed by atoms with Crippen molar-refractivity contribution in [2.75, 3.05) is 5.32 Å². The van der Waals surface area contributed by atoms with Crippen molar-refractivity contribution in [1.29, 1.82) is 0 Å². The highest BCUT2D eigenvalue weighted by Crippen LogP contribution is 2.31. The molecule has 0 bridgehead atoms. The fraction of sp³-hybridized carbons (Fsp3) is 0.0588. The number of aliphatic hydroxyl groups is 1. The summed E-state index contributed by atoms with van der Waals surface area (Å²) in [4.78, 5) is -0.928. The summed E-state index contributed by atoms with van der Waals surface area (Å²) in [6.45, 7) is 0. The molecule has 1 atom stereocenters. The molecule has 3 rings (SSSR count). The Morgan fingerprint density at radius 3 is 1.96 bits per heavy atom. The fourth-order valence-electron chi connectivity index (χ4n) is 2.62. The van der Waals surface area contributed by atoms with Crippen LogP contribution in [0.5, 0.6) is 0 Å². The maximum atomic E-state index is 11.6. The van der Waals surface area contributed by atoms with Gasteiger partial charge in [0.05, 0.1) is 9.79 Å². The lowest BCUT2D eigenvalue weighted by molar-refractivity contribution is 0.208. The van der Waals surface area contributed by atoms with E-state index in [0.717, 1.165) is 24.3 Å². The van der Waals surface area contributed by atoms with E-state index in [4.69, 9.17) is 0 Å². The van der Waals surface area contributed by atoms with Gasteiger partial charge in [0.1, 0.15) is 0 Å². The number of fused-ring (bicyclic) bond motifs is 1. The number of hydrogen-bond donors (Lipinski definition) is 4. The van der Waals surface area contributed by atoms with Crippen LogP contribution in [0.2, 0.25) is 0 Å². The smallest absolute Gasteiger partial charge is 0.294 e. The van der Waals surface area contributed by atoms with Gasteiger partial charge in [-0.15, -0.1) is 0 Å². The summed E-state index contributed by atoms with van der Waals surface area (Å²) in [6, 6.07) is 14.3. The second kappa shape index (κ2) is 6.91. The van der Waals surface area contributed by atoms with Gasteiger partial charge in [0, 0.05) is 16.6 Å². The van der Waals surface area contributed by atoms with Crippen LogP contribution in [-0.4, -0.2) is 31.0 Å². The first-order valence-corrected chi connectivity index (χ1v) is 10.5. The molecule has 0 amide bonds. The summed E-state index contributed by atoms with van der Waals surface area (Å²) in [6.07, 6.45) is -1.19. The molecular weight excluding hydrogens is 394 g/mol. The van der Waals surface area contributed by atoms with Gasteiger partial charge in [-0.2, -0.15) is 16.8 Å². The van der Waals surface area contributed by atoms with Crippen molar-refractivity contribution in [2.24, 2.45) is 0 Å². The van der Waals surface area contributed by atoms with E-state index < -0.39 is 36.3 Å². The Labute approximate surface area is 155 Å². The van der Waals surface area contributed by atoms with Crippen molar-refractivity contribution in [2.45, 2.75) is 16.0 Å². The van der Waals surface area contributed by atoms with Gasteiger partial charge in [0.25, 0.3) is 20.2 Å². The second-order valence-electron chi connectivity index (χ2n) is 5.76. The van der Waals surface area contributed by atoms with E-state index in [1.165, 1.54) is 6.07 Å². The molecule has 0 saturated carbocycles. The van der Waals surface area contributed by atoms with E-state index in [-0.39, 0.29) is 11.1 Å². The molecular formula is C17H15NO7S2. The average molecular weight is 409 g/mol. The molecule has 0 radical (unpaired) electrons. The van der Waals surface area contributed by atoms with Crippen LogP contribution in [-0.2, 0) is 20.2 Å². The summed E-state index contributed by atoms with van der Waals surface area (Å²) in [5, 5.41) is 13.6. The number of hydrogen-bond acceptors (Lipinski definition) is 6. The number of rotatable bonds is 5. The largest absolute Gasteiger partial charge is 0.369 e. The monoisotopic (exact) mass is 409 g/mol. The van der Waals surface area contributed by atoms with Gasteiger partial charge in [0.2, 0.25) is 0 Å². The molecule has 3 aromatic carbocycles. The summed E-state index contributed by atoms with van der Waals surface area (Å²) in [5.74, 6) is 0. The van der Waals surface area contributed by atoms with Crippen molar-refractivity contribution >= 4 is 36.7 Å². The maximum absolute atomic E-state index is 11.6. The maximum Gasteiger partial charge on any atom is 0.294 e. The Morgan fingerprint density at radius 2 is 1.37 bits per heavy atom. The predicted molar refractivity (Wildman–Crippen MR) is 98.6 cm³/mol. The van der Waals surface area contributed by atoms with E-state index in [1.807, 2.05) is 0 Å². The van der Waals surface area contributed by atoms with Crippen LogP contribution in [0.3, 0.4) is 0 Å². The van der Waals surface area contributed by atoms with Gasteiger partial charge in [-0.25, -0.2) is 0 Å². The number of nitrogens with one attached hydrogen (secondary N) is 1. The topological polar surface area (TPSA) is 141 Å². The lowest BCUT2D eigenvalue weighted by Crippen LogP contribution is -2.11. The average Bonchev–Trinajstić information content (AvgIpc) is 2.60. The minimum Gasteiger partial charge on any atom is -0.369 e. The van der Waals surface area contributed by atoms with Crippen LogP contribution in [0, 0.1) is 0 Å². The highest BCUT2D eigenvalue weighted by Gasteiger charge is 2.18. The molecule has 0 saturated heterocycles. The lowest BCUT2D eigenvalue weighted by Gasteiger charge is -2.17.